The summed E-state index contributed by atoms with van der Waals surface area (Å²) in [5, 5.41) is 1.60. The summed E-state index contributed by atoms with van der Waals surface area (Å²) >= 11 is 7.29. The van der Waals surface area contributed by atoms with Crippen LogP contribution in [0.25, 0.3) is 10.2 Å². The van der Waals surface area contributed by atoms with E-state index < -0.39 is 10.8 Å². The maximum Gasteiger partial charge on any atom is 0.127 e. The smallest absolute Gasteiger partial charge is 0.127 e. The quantitative estimate of drug-likeness (QED) is 0.758. The number of fused-ring (bicyclic) bond motifs is 1. The third-order valence-electron chi connectivity index (χ3n) is 3.41. The molecule has 1 atom stereocenters. The topological polar surface area (TPSA) is 56.0 Å². The zero-order valence-electron chi connectivity index (χ0n) is 12.2. The number of nitrogen functional groups attached to an aromatic ring is 1. The molecule has 1 aromatic carbocycles. The van der Waals surface area contributed by atoms with Crippen LogP contribution in [0.5, 0.6) is 0 Å². The van der Waals surface area contributed by atoms with Crippen molar-refractivity contribution in [2.45, 2.75) is 23.8 Å². The Morgan fingerprint density at radius 3 is 2.64 bits per heavy atom. The predicted molar refractivity (Wildman–Crippen MR) is 95.1 cm³/mol. The van der Waals surface area contributed by atoms with E-state index in [-0.39, 0.29) is 0 Å². The second kappa shape index (κ2) is 5.99. The summed E-state index contributed by atoms with van der Waals surface area (Å²) < 4.78 is 13.4. The molecule has 0 aliphatic carbocycles. The fourth-order valence-corrected chi connectivity index (χ4v) is 5.25. The van der Waals surface area contributed by atoms with E-state index >= 15 is 0 Å². The van der Waals surface area contributed by atoms with E-state index in [1.807, 2.05) is 32.0 Å². The van der Waals surface area contributed by atoms with Crippen molar-refractivity contribution in [1.82, 2.24) is 4.98 Å². The lowest BCUT2D eigenvalue weighted by Gasteiger charge is -2.02. The van der Waals surface area contributed by atoms with E-state index in [9.17, 15) is 4.21 Å². The number of nitrogens with zero attached hydrogens (tertiary/aromatic N) is 1. The van der Waals surface area contributed by atoms with Gasteiger partial charge < -0.3 is 5.73 Å². The minimum absolute atomic E-state index is 0.423. The Morgan fingerprint density at radius 1 is 1.27 bits per heavy atom. The largest absolute Gasteiger partial charge is 0.396 e. The summed E-state index contributed by atoms with van der Waals surface area (Å²) in [5.74, 6) is 0.423. The highest BCUT2D eigenvalue weighted by molar-refractivity contribution is 7.87. The first-order valence-corrected chi connectivity index (χ1v) is 9.26. The Hall–Kier alpha value is -1.43. The lowest BCUT2D eigenvalue weighted by molar-refractivity contribution is 0.684. The molecule has 2 N–H and O–H groups in total. The maximum atomic E-state index is 12.7. The highest BCUT2D eigenvalue weighted by Gasteiger charge is 2.18. The van der Waals surface area contributed by atoms with Crippen molar-refractivity contribution in [2.24, 2.45) is 0 Å². The monoisotopic (exact) mass is 350 g/mol. The normalized spacial score (nSPS) is 12.7. The van der Waals surface area contributed by atoms with E-state index in [0.29, 0.717) is 20.7 Å². The number of anilines is 1. The van der Waals surface area contributed by atoms with Crippen LogP contribution >= 0.6 is 22.9 Å². The van der Waals surface area contributed by atoms with E-state index in [4.69, 9.17) is 17.3 Å². The molecule has 2 heterocycles. The van der Waals surface area contributed by atoms with Gasteiger partial charge in [-0.05, 0) is 43.2 Å². The lowest BCUT2D eigenvalue weighted by Crippen LogP contribution is -1.98. The molecule has 1 unspecified atom stereocenters. The van der Waals surface area contributed by atoms with Crippen LogP contribution in [0, 0.1) is 13.8 Å². The van der Waals surface area contributed by atoms with Crippen LogP contribution in [0.4, 0.5) is 5.69 Å². The molecular weight excluding hydrogens is 336 g/mol. The molecule has 114 valence electrons. The molecule has 6 heteroatoms. The van der Waals surface area contributed by atoms with Gasteiger partial charge in [0.2, 0.25) is 0 Å². The number of hydrogen-bond donors (Lipinski definition) is 1. The fourth-order valence-electron chi connectivity index (χ4n) is 2.42. The maximum absolute atomic E-state index is 12.7. The molecular formula is C16H15ClN2OS2. The molecule has 0 radical (unpaired) electrons. The molecule has 0 aliphatic rings. The molecule has 3 rings (SSSR count). The number of hydrogen-bond acceptors (Lipinski definition) is 4. The standard InChI is InChI=1S/C16H15ClN2OS2/c1-9-7-10(2)19-15-13(9)14(18)16(21-15)22(20)8-11-3-5-12(17)6-4-11/h3-7H,8,18H2,1-2H3. The molecule has 0 saturated heterocycles. The number of aryl methyl sites for hydroxylation is 2. The minimum Gasteiger partial charge on any atom is -0.396 e. The van der Waals surface area contributed by atoms with Crippen LogP contribution in [0.15, 0.2) is 34.5 Å². The van der Waals surface area contributed by atoms with Gasteiger partial charge in [-0.3, -0.25) is 4.21 Å². The van der Waals surface area contributed by atoms with E-state index in [2.05, 4.69) is 4.98 Å². The first kappa shape index (κ1) is 15.5. The van der Waals surface area contributed by atoms with Crippen LogP contribution in [0.1, 0.15) is 16.8 Å². The summed E-state index contributed by atoms with van der Waals surface area (Å²) in [7, 11) is -1.19. The zero-order valence-corrected chi connectivity index (χ0v) is 14.6. The molecule has 3 aromatic rings. The van der Waals surface area contributed by atoms with Gasteiger partial charge in [0.15, 0.2) is 0 Å². The minimum atomic E-state index is -1.19. The summed E-state index contributed by atoms with van der Waals surface area (Å²) in [6.45, 7) is 3.96. The molecule has 0 amide bonds. The van der Waals surface area contributed by atoms with Crippen LogP contribution in [-0.2, 0) is 16.6 Å². The Labute approximate surface area is 140 Å². The summed E-state index contributed by atoms with van der Waals surface area (Å²) in [4.78, 5) is 5.36. The van der Waals surface area contributed by atoms with Crippen molar-refractivity contribution in [1.29, 1.82) is 0 Å². The molecule has 0 saturated carbocycles. The van der Waals surface area contributed by atoms with Crippen LogP contribution in [0.3, 0.4) is 0 Å². The van der Waals surface area contributed by atoms with E-state index in [0.717, 1.165) is 27.0 Å². The van der Waals surface area contributed by atoms with Gasteiger partial charge in [0.1, 0.15) is 9.04 Å². The lowest BCUT2D eigenvalue weighted by atomic mass is 10.2. The fraction of sp³-hybridized carbons (Fsp3) is 0.188. The average molecular weight is 351 g/mol. The van der Waals surface area contributed by atoms with Crippen LogP contribution in [-0.4, -0.2) is 9.19 Å². The third-order valence-corrected chi connectivity index (χ3v) is 6.59. The molecule has 0 fully saturated rings. The number of benzene rings is 1. The Morgan fingerprint density at radius 2 is 1.95 bits per heavy atom. The second-order valence-corrected chi connectivity index (χ2v) is 8.26. The zero-order chi connectivity index (χ0) is 15.9. The van der Waals surface area contributed by atoms with Crippen molar-refractivity contribution in [2.75, 3.05) is 5.73 Å². The van der Waals surface area contributed by atoms with E-state index in [1.54, 1.807) is 12.1 Å². The van der Waals surface area contributed by atoms with E-state index in [1.165, 1.54) is 11.3 Å². The number of rotatable bonds is 3. The number of halogens is 1. The van der Waals surface area contributed by atoms with Gasteiger partial charge in [-0.25, -0.2) is 4.98 Å². The Bertz CT molecular complexity index is 872. The highest BCUT2D eigenvalue weighted by atomic mass is 35.5. The van der Waals surface area contributed by atoms with Gasteiger partial charge in [0.25, 0.3) is 0 Å². The van der Waals surface area contributed by atoms with Crippen LogP contribution < -0.4 is 5.73 Å². The molecule has 22 heavy (non-hydrogen) atoms. The first-order valence-electron chi connectivity index (χ1n) is 6.74. The summed E-state index contributed by atoms with van der Waals surface area (Å²) in [5.41, 5.74) is 9.81. The first-order chi connectivity index (χ1) is 10.5. The van der Waals surface area contributed by atoms with Crippen molar-refractivity contribution < 1.29 is 4.21 Å². The Kier molecular flexibility index (Phi) is 4.21. The van der Waals surface area contributed by atoms with Gasteiger partial charge in [-0.1, -0.05) is 23.7 Å². The predicted octanol–water partition coefficient (Wildman–Crippen LogP) is 4.46. The van der Waals surface area contributed by atoms with Gasteiger partial charge in [-0.15, -0.1) is 11.3 Å². The van der Waals surface area contributed by atoms with Gasteiger partial charge in [-0.2, -0.15) is 0 Å². The molecule has 0 spiro atoms. The van der Waals surface area contributed by atoms with Gasteiger partial charge in [0.05, 0.1) is 22.2 Å². The molecule has 0 aliphatic heterocycles. The number of pyridine rings is 1. The summed E-state index contributed by atoms with van der Waals surface area (Å²) in [6, 6.07) is 9.38. The third kappa shape index (κ3) is 2.89. The van der Waals surface area contributed by atoms with Crippen molar-refractivity contribution in [3.63, 3.8) is 0 Å². The highest BCUT2D eigenvalue weighted by Crippen LogP contribution is 2.37. The van der Waals surface area contributed by atoms with Gasteiger partial charge in [0, 0.05) is 16.1 Å². The summed E-state index contributed by atoms with van der Waals surface area (Å²) in [6.07, 6.45) is 0. The molecule has 2 aromatic heterocycles. The van der Waals surface area contributed by atoms with Crippen molar-refractivity contribution in [3.8, 4) is 0 Å². The second-order valence-electron chi connectivity index (χ2n) is 5.18. The molecule has 3 nitrogen and oxygen atoms in total. The van der Waals surface area contributed by atoms with Crippen molar-refractivity contribution >= 4 is 49.6 Å². The van der Waals surface area contributed by atoms with Gasteiger partial charge >= 0.3 is 0 Å². The average Bonchev–Trinajstić information content (AvgIpc) is 2.78. The number of nitrogens with two attached hydrogens (primary N) is 1. The SMILES string of the molecule is Cc1cc(C)c2c(N)c(S(=O)Cc3ccc(Cl)cc3)sc2n1. The molecule has 0 bridgehead atoms. The van der Waals surface area contributed by atoms with Crippen molar-refractivity contribution in [3.05, 3.63) is 52.2 Å². The number of aromatic nitrogens is 1. The Balaban J connectivity index is 1.99. The number of thiophene rings is 1. The van der Waals surface area contributed by atoms with Crippen LogP contribution in [0.2, 0.25) is 5.02 Å².